The molecule has 2 rings (SSSR count). The molecule has 0 unspecified atom stereocenters. The van der Waals surface area contributed by atoms with Crippen molar-refractivity contribution in [2.75, 3.05) is 11.9 Å². The Labute approximate surface area is 87.9 Å². The third-order valence-corrected chi connectivity index (χ3v) is 3.42. The molecule has 0 saturated heterocycles. The third-order valence-electron chi connectivity index (χ3n) is 2.51. The van der Waals surface area contributed by atoms with Crippen LogP contribution >= 0.6 is 11.3 Å². The van der Waals surface area contributed by atoms with Crippen LogP contribution in [-0.2, 0) is 6.42 Å². The van der Waals surface area contributed by atoms with E-state index in [0.717, 1.165) is 16.6 Å². The zero-order valence-corrected chi connectivity index (χ0v) is 9.02. The molecule has 1 aromatic heterocycles. The molecule has 78 valence electrons. The molecule has 0 radical (unpaired) electrons. The molecule has 1 aromatic rings. The maximum absolute atomic E-state index is 5.45. The molecule has 4 nitrogen and oxygen atoms in total. The van der Waals surface area contributed by atoms with Gasteiger partial charge in [0.1, 0.15) is 5.01 Å². The van der Waals surface area contributed by atoms with Gasteiger partial charge in [0.05, 0.1) is 0 Å². The first-order valence-corrected chi connectivity index (χ1v) is 5.99. The number of rotatable bonds is 4. The van der Waals surface area contributed by atoms with Gasteiger partial charge in [-0.05, 0) is 19.4 Å². The third kappa shape index (κ3) is 2.42. The van der Waals surface area contributed by atoms with E-state index >= 15 is 0 Å². The van der Waals surface area contributed by atoms with Gasteiger partial charge in [-0.1, -0.05) is 24.2 Å². The average Bonchev–Trinajstić information content (AvgIpc) is 2.79. The van der Waals surface area contributed by atoms with Crippen LogP contribution in [0.15, 0.2) is 0 Å². The van der Waals surface area contributed by atoms with Gasteiger partial charge in [-0.3, -0.25) is 0 Å². The van der Waals surface area contributed by atoms with E-state index in [1.165, 1.54) is 25.7 Å². The summed E-state index contributed by atoms with van der Waals surface area (Å²) in [4.78, 5) is 0. The van der Waals surface area contributed by atoms with Crippen molar-refractivity contribution in [2.45, 2.75) is 38.1 Å². The fourth-order valence-electron chi connectivity index (χ4n) is 1.78. The van der Waals surface area contributed by atoms with Gasteiger partial charge in [-0.2, -0.15) is 0 Å². The summed E-state index contributed by atoms with van der Waals surface area (Å²) in [6.45, 7) is 0.651. The summed E-state index contributed by atoms with van der Waals surface area (Å²) in [5, 5.41) is 13.6. The lowest BCUT2D eigenvalue weighted by Crippen LogP contribution is -2.13. The Kier molecular flexibility index (Phi) is 3.31. The summed E-state index contributed by atoms with van der Waals surface area (Å²) < 4.78 is 0. The highest BCUT2D eigenvalue weighted by Crippen LogP contribution is 2.24. The predicted octanol–water partition coefficient (Wildman–Crippen LogP) is 1.39. The number of aromatic nitrogens is 2. The largest absolute Gasteiger partial charge is 0.357 e. The smallest absolute Gasteiger partial charge is 0.205 e. The number of nitrogens with zero attached hydrogens (tertiary/aromatic N) is 2. The van der Waals surface area contributed by atoms with Gasteiger partial charge >= 0.3 is 0 Å². The molecule has 3 N–H and O–H groups in total. The molecule has 0 aromatic carbocycles. The molecule has 1 heterocycles. The zero-order chi connectivity index (χ0) is 9.80. The average molecular weight is 212 g/mol. The highest BCUT2D eigenvalue weighted by molar-refractivity contribution is 7.15. The summed E-state index contributed by atoms with van der Waals surface area (Å²) in [5.41, 5.74) is 5.45. The summed E-state index contributed by atoms with van der Waals surface area (Å²) >= 11 is 1.63. The van der Waals surface area contributed by atoms with E-state index in [9.17, 15) is 0 Å². The molecule has 5 heteroatoms. The maximum Gasteiger partial charge on any atom is 0.205 e. The summed E-state index contributed by atoms with van der Waals surface area (Å²) in [7, 11) is 0. The van der Waals surface area contributed by atoms with Crippen molar-refractivity contribution in [1.29, 1.82) is 0 Å². The number of hydrogen-bond acceptors (Lipinski definition) is 5. The molecule has 0 spiro atoms. The van der Waals surface area contributed by atoms with E-state index in [0.29, 0.717) is 12.6 Å². The molecular formula is C9H16N4S. The van der Waals surface area contributed by atoms with Gasteiger partial charge < -0.3 is 11.1 Å². The van der Waals surface area contributed by atoms with Gasteiger partial charge in [0.2, 0.25) is 5.13 Å². The topological polar surface area (TPSA) is 63.8 Å². The van der Waals surface area contributed by atoms with Crippen molar-refractivity contribution in [2.24, 2.45) is 5.73 Å². The van der Waals surface area contributed by atoms with Crippen LogP contribution in [0.25, 0.3) is 0 Å². The number of nitrogens with two attached hydrogens (primary N) is 1. The van der Waals surface area contributed by atoms with Crippen LogP contribution in [-0.4, -0.2) is 22.8 Å². The van der Waals surface area contributed by atoms with Crippen LogP contribution in [0.2, 0.25) is 0 Å². The van der Waals surface area contributed by atoms with Crippen LogP contribution in [0.1, 0.15) is 30.7 Å². The van der Waals surface area contributed by atoms with E-state index in [1.807, 2.05) is 0 Å². The van der Waals surface area contributed by atoms with Crippen molar-refractivity contribution in [3.8, 4) is 0 Å². The normalized spacial score (nSPS) is 17.5. The standard InChI is InChI=1S/C9H16N4S/c10-6-5-8-12-13-9(14-8)11-7-3-1-2-4-7/h7H,1-6,10H2,(H,11,13). The van der Waals surface area contributed by atoms with Crippen molar-refractivity contribution >= 4 is 16.5 Å². The van der Waals surface area contributed by atoms with Crippen LogP contribution in [0.5, 0.6) is 0 Å². The van der Waals surface area contributed by atoms with Crippen molar-refractivity contribution in [1.82, 2.24) is 10.2 Å². The Morgan fingerprint density at radius 1 is 1.36 bits per heavy atom. The zero-order valence-electron chi connectivity index (χ0n) is 8.20. The Morgan fingerprint density at radius 2 is 2.14 bits per heavy atom. The minimum atomic E-state index is 0.619. The Morgan fingerprint density at radius 3 is 2.86 bits per heavy atom. The highest BCUT2D eigenvalue weighted by Gasteiger charge is 2.16. The highest BCUT2D eigenvalue weighted by atomic mass is 32.1. The predicted molar refractivity (Wildman–Crippen MR) is 58.5 cm³/mol. The SMILES string of the molecule is NCCc1nnc(NC2CCCC2)s1. The molecule has 14 heavy (non-hydrogen) atoms. The molecule has 0 bridgehead atoms. The fourth-order valence-corrected chi connectivity index (χ4v) is 2.61. The second-order valence-electron chi connectivity index (χ2n) is 3.67. The molecule has 0 aliphatic heterocycles. The van der Waals surface area contributed by atoms with Gasteiger partial charge in [0.15, 0.2) is 0 Å². The second-order valence-corrected chi connectivity index (χ2v) is 4.73. The van der Waals surface area contributed by atoms with E-state index in [2.05, 4.69) is 15.5 Å². The molecule has 0 atom stereocenters. The first-order valence-electron chi connectivity index (χ1n) is 5.17. The molecule has 0 amide bonds. The molecule has 1 saturated carbocycles. The quantitative estimate of drug-likeness (QED) is 0.791. The summed E-state index contributed by atoms with van der Waals surface area (Å²) in [6.07, 6.45) is 6.06. The maximum atomic E-state index is 5.45. The van der Waals surface area contributed by atoms with E-state index in [1.54, 1.807) is 11.3 Å². The van der Waals surface area contributed by atoms with Crippen molar-refractivity contribution in [3.63, 3.8) is 0 Å². The molecular weight excluding hydrogens is 196 g/mol. The minimum Gasteiger partial charge on any atom is -0.357 e. The molecule has 1 aliphatic rings. The van der Waals surface area contributed by atoms with Gasteiger partial charge in [-0.25, -0.2) is 0 Å². The minimum absolute atomic E-state index is 0.619. The Bertz CT molecular complexity index is 280. The Hall–Kier alpha value is -0.680. The number of hydrogen-bond donors (Lipinski definition) is 2. The van der Waals surface area contributed by atoms with Crippen LogP contribution < -0.4 is 11.1 Å². The summed E-state index contributed by atoms with van der Waals surface area (Å²) in [5.74, 6) is 0. The monoisotopic (exact) mass is 212 g/mol. The fraction of sp³-hybridized carbons (Fsp3) is 0.778. The van der Waals surface area contributed by atoms with Crippen LogP contribution in [0, 0.1) is 0 Å². The van der Waals surface area contributed by atoms with E-state index in [4.69, 9.17) is 5.73 Å². The Balaban J connectivity index is 1.88. The lowest BCUT2D eigenvalue weighted by Gasteiger charge is -2.08. The van der Waals surface area contributed by atoms with Crippen molar-refractivity contribution < 1.29 is 0 Å². The van der Waals surface area contributed by atoms with Gasteiger partial charge in [-0.15, -0.1) is 10.2 Å². The number of anilines is 1. The van der Waals surface area contributed by atoms with Crippen LogP contribution in [0.3, 0.4) is 0 Å². The van der Waals surface area contributed by atoms with Gasteiger partial charge in [0, 0.05) is 12.5 Å². The summed E-state index contributed by atoms with van der Waals surface area (Å²) in [6, 6.07) is 0.619. The second kappa shape index (κ2) is 4.70. The van der Waals surface area contributed by atoms with Crippen molar-refractivity contribution in [3.05, 3.63) is 5.01 Å². The number of nitrogens with one attached hydrogen (secondary N) is 1. The van der Waals surface area contributed by atoms with Crippen LogP contribution in [0.4, 0.5) is 5.13 Å². The van der Waals surface area contributed by atoms with E-state index in [-0.39, 0.29) is 0 Å². The van der Waals surface area contributed by atoms with E-state index < -0.39 is 0 Å². The lowest BCUT2D eigenvalue weighted by atomic mass is 10.3. The lowest BCUT2D eigenvalue weighted by molar-refractivity contribution is 0.751. The molecule has 1 fully saturated rings. The first kappa shape index (κ1) is 9.86. The molecule has 1 aliphatic carbocycles. The first-order chi connectivity index (χ1) is 6.88. The van der Waals surface area contributed by atoms with Gasteiger partial charge in [0.25, 0.3) is 0 Å².